The Labute approximate surface area is 106 Å². The molecule has 5 heteroatoms. The summed E-state index contributed by atoms with van der Waals surface area (Å²) in [6, 6.07) is 11.3. The van der Waals surface area contributed by atoms with Crippen LogP contribution < -0.4 is 5.73 Å². The summed E-state index contributed by atoms with van der Waals surface area (Å²) in [4.78, 5) is 4.23. The summed E-state index contributed by atoms with van der Waals surface area (Å²) >= 11 is 0. The van der Waals surface area contributed by atoms with Crippen molar-refractivity contribution in [2.75, 3.05) is 5.75 Å². The molecule has 18 heavy (non-hydrogen) atoms. The van der Waals surface area contributed by atoms with E-state index in [0.29, 0.717) is 4.90 Å². The minimum atomic E-state index is -3.36. The molecule has 1 unspecified atom stereocenters. The van der Waals surface area contributed by atoms with Crippen molar-refractivity contribution in [3.8, 4) is 0 Å². The van der Waals surface area contributed by atoms with Gasteiger partial charge in [-0.1, -0.05) is 24.3 Å². The fraction of sp³-hybridized carbons (Fsp3) is 0.154. The smallest absolute Gasteiger partial charge is 0.180 e. The van der Waals surface area contributed by atoms with Gasteiger partial charge in [0.15, 0.2) is 9.84 Å². The Bertz CT molecular complexity index is 597. The highest BCUT2D eigenvalue weighted by molar-refractivity contribution is 7.91. The lowest BCUT2D eigenvalue weighted by atomic mass is 10.2. The molecule has 0 fully saturated rings. The maximum Gasteiger partial charge on any atom is 0.180 e. The van der Waals surface area contributed by atoms with E-state index in [0.717, 1.165) is 5.56 Å². The highest BCUT2D eigenvalue weighted by Gasteiger charge is 2.19. The lowest BCUT2D eigenvalue weighted by Gasteiger charge is -2.12. The van der Waals surface area contributed by atoms with Crippen molar-refractivity contribution < 1.29 is 8.42 Å². The average Bonchev–Trinajstić information content (AvgIpc) is 2.40. The molecule has 0 aliphatic carbocycles. The first-order valence-electron chi connectivity index (χ1n) is 5.53. The first-order valence-corrected chi connectivity index (χ1v) is 7.18. The maximum atomic E-state index is 12.1. The van der Waals surface area contributed by atoms with Crippen LogP contribution in [0.15, 0.2) is 59.8 Å². The quantitative estimate of drug-likeness (QED) is 0.907. The van der Waals surface area contributed by atoms with Gasteiger partial charge in [-0.05, 0) is 23.8 Å². The van der Waals surface area contributed by atoms with Crippen molar-refractivity contribution in [1.29, 1.82) is 0 Å². The van der Waals surface area contributed by atoms with Crippen molar-refractivity contribution in [2.24, 2.45) is 5.73 Å². The van der Waals surface area contributed by atoms with E-state index in [-0.39, 0.29) is 5.75 Å². The van der Waals surface area contributed by atoms with Gasteiger partial charge in [-0.2, -0.15) is 0 Å². The molecule has 1 atom stereocenters. The fourth-order valence-corrected chi connectivity index (χ4v) is 3.08. The Hall–Kier alpha value is -1.72. The van der Waals surface area contributed by atoms with Crippen LogP contribution in [0.25, 0.3) is 0 Å². The van der Waals surface area contributed by atoms with E-state index in [1.807, 2.05) is 0 Å². The Morgan fingerprint density at radius 2 is 1.83 bits per heavy atom. The van der Waals surface area contributed by atoms with Crippen molar-refractivity contribution in [3.63, 3.8) is 0 Å². The number of rotatable bonds is 4. The molecule has 0 spiro atoms. The summed E-state index contributed by atoms with van der Waals surface area (Å²) in [6.07, 6.45) is 3.22. The zero-order valence-corrected chi connectivity index (χ0v) is 10.5. The van der Waals surface area contributed by atoms with E-state index in [2.05, 4.69) is 4.98 Å². The monoisotopic (exact) mass is 262 g/mol. The van der Waals surface area contributed by atoms with Crippen LogP contribution in [-0.2, 0) is 9.84 Å². The Kier molecular flexibility index (Phi) is 3.74. The number of nitrogens with zero attached hydrogens (tertiary/aromatic N) is 1. The van der Waals surface area contributed by atoms with Crippen molar-refractivity contribution >= 4 is 9.84 Å². The number of nitrogens with two attached hydrogens (primary N) is 1. The van der Waals surface area contributed by atoms with Gasteiger partial charge >= 0.3 is 0 Å². The van der Waals surface area contributed by atoms with Crippen molar-refractivity contribution in [3.05, 3.63) is 60.4 Å². The molecule has 4 nitrogen and oxygen atoms in total. The fourth-order valence-electron chi connectivity index (χ4n) is 1.65. The van der Waals surface area contributed by atoms with Crippen LogP contribution in [0.4, 0.5) is 0 Å². The molecule has 0 bridgehead atoms. The first-order chi connectivity index (χ1) is 8.59. The van der Waals surface area contributed by atoms with Gasteiger partial charge in [0.1, 0.15) is 0 Å². The van der Waals surface area contributed by atoms with E-state index >= 15 is 0 Å². The van der Waals surface area contributed by atoms with Gasteiger partial charge in [0, 0.05) is 18.4 Å². The second-order valence-electron chi connectivity index (χ2n) is 3.99. The average molecular weight is 262 g/mol. The standard InChI is InChI=1S/C13H14N2O2S/c14-13(11-5-4-8-15-9-11)10-18(16,17)12-6-2-1-3-7-12/h1-9,13H,10,14H2. The van der Waals surface area contributed by atoms with Crippen LogP contribution in [0, 0.1) is 0 Å². The lowest BCUT2D eigenvalue weighted by molar-refractivity contribution is 0.589. The number of benzene rings is 1. The molecular weight excluding hydrogens is 248 g/mol. The number of aromatic nitrogens is 1. The van der Waals surface area contributed by atoms with Crippen LogP contribution in [0.2, 0.25) is 0 Å². The third-order valence-electron chi connectivity index (χ3n) is 2.61. The maximum absolute atomic E-state index is 12.1. The molecule has 1 aromatic heterocycles. The van der Waals surface area contributed by atoms with E-state index < -0.39 is 15.9 Å². The number of sulfone groups is 1. The van der Waals surface area contributed by atoms with Crippen molar-refractivity contribution in [2.45, 2.75) is 10.9 Å². The summed E-state index contributed by atoms with van der Waals surface area (Å²) in [5.41, 5.74) is 6.62. The summed E-state index contributed by atoms with van der Waals surface area (Å²) in [5.74, 6) is -0.122. The van der Waals surface area contributed by atoms with E-state index in [9.17, 15) is 8.42 Å². The number of hydrogen-bond acceptors (Lipinski definition) is 4. The zero-order chi connectivity index (χ0) is 13.0. The van der Waals surface area contributed by atoms with Gasteiger partial charge in [0.25, 0.3) is 0 Å². The van der Waals surface area contributed by atoms with Crippen LogP contribution >= 0.6 is 0 Å². The molecule has 0 saturated heterocycles. The molecule has 2 rings (SSSR count). The number of pyridine rings is 1. The topological polar surface area (TPSA) is 73.1 Å². The largest absolute Gasteiger partial charge is 0.323 e. The van der Waals surface area contributed by atoms with Gasteiger partial charge in [0.2, 0.25) is 0 Å². The summed E-state index contributed by atoms with van der Waals surface area (Å²) in [5, 5.41) is 0. The summed E-state index contributed by atoms with van der Waals surface area (Å²) in [7, 11) is -3.36. The number of hydrogen-bond donors (Lipinski definition) is 1. The van der Waals surface area contributed by atoms with Gasteiger partial charge in [-0.3, -0.25) is 4.98 Å². The molecule has 0 saturated carbocycles. The van der Waals surface area contributed by atoms with Gasteiger partial charge in [-0.15, -0.1) is 0 Å². The predicted octanol–water partition coefficient (Wildman–Crippen LogP) is 1.56. The van der Waals surface area contributed by atoms with Gasteiger partial charge in [0.05, 0.1) is 10.6 Å². The zero-order valence-electron chi connectivity index (χ0n) is 9.73. The molecule has 1 heterocycles. The first kappa shape index (κ1) is 12.7. The normalized spacial score (nSPS) is 13.2. The molecule has 94 valence electrons. The third-order valence-corrected chi connectivity index (χ3v) is 4.40. The minimum Gasteiger partial charge on any atom is -0.323 e. The summed E-state index contributed by atoms with van der Waals surface area (Å²) < 4.78 is 24.2. The second-order valence-corrected chi connectivity index (χ2v) is 6.02. The SMILES string of the molecule is NC(CS(=O)(=O)c1ccccc1)c1cccnc1. The molecule has 0 aliphatic rings. The van der Waals surface area contributed by atoms with Crippen LogP contribution in [0.1, 0.15) is 11.6 Å². The van der Waals surface area contributed by atoms with Crippen LogP contribution in [0.5, 0.6) is 0 Å². The molecule has 2 N–H and O–H groups in total. The van der Waals surface area contributed by atoms with Crippen LogP contribution in [-0.4, -0.2) is 19.2 Å². The van der Waals surface area contributed by atoms with E-state index in [1.54, 1.807) is 54.9 Å². The Morgan fingerprint density at radius 1 is 1.11 bits per heavy atom. The predicted molar refractivity (Wildman–Crippen MR) is 69.7 cm³/mol. The van der Waals surface area contributed by atoms with E-state index in [4.69, 9.17) is 5.73 Å². The highest BCUT2D eigenvalue weighted by Crippen LogP contribution is 2.17. The second kappa shape index (κ2) is 5.29. The van der Waals surface area contributed by atoms with E-state index in [1.165, 1.54) is 0 Å². The molecule has 0 amide bonds. The Balaban J connectivity index is 2.20. The molecular formula is C13H14N2O2S. The molecule has 0 radical (unpaired) electrons. The van der Waals surface area contributed by atoms with Crippen LogP contribution in [0.3, 0.4) is 0 Å². The minimum absolute atomic E-state index is 0.122. The Morgan fingerprint density at radius 3 is 2.44 bits per heavy atom. The highest BCUT2D eigenvalue weighted by atomic mass is 32.2. The molecule has 0 aliphatic heterocycles. The lowest BCUT2D eigenvalue weighted by Crippen LogP contribution is -2.21. The summed E-state index contributed by atoms with van der Waals surface area (Å²) in [6.45, 7) is 0. The molecule has 2 aromatic rings. The van der Waals surface area contributed by atoms with Gasteiger partial charge < -0.3 is 5.73 Å². The third kappa shape index (κ3) is 2.94. The van der Waals surface area contributed by atoms with Crippen molar-refractivity contribution in [1.82, 2.24) is 4.98 Å². The van der Waals surface area contributed by atoms with Gasteiger partial charge in [-0.25, -0.2) is 8.42 Å². The molecule has 1 aromatic carbocycles.